The van der Waals surface area contributed by atoms with Crippen LogP contribution in [0.4, 0.5) is 0 Å². The summed E-state index contributed by atoms with van der Waals surface area (Å²) in [5.41, 5.74) is 0. The van der Waals surface area contributed by atoms with Gasteiger partial charge in [0, 0.05) is 0 Å². The van der Waals surface area contributed by atoms with Crippen LogP contribution in [0.3, 0.4) is 0 Å². The quantitative estimate of drug-likeness (QED) is 0.507. The van der Waals surface area contributed by atoms with E-state index in [1.165, 1.54) is 0 Å². The summed E-state index contributed by atoms with van der Waals surface area (Å²) in [4.78, 5) is 0. The molecule has 0 aliphatic rings. The second-order valence-corrected chi connectivity index (χ2v) is 1.96. The highest BCUT2D eigenvalue weighted by molar-refractivity contribution is 7.34. The molecule has 0 saturated heterocycles. The Labute approximate surface area is 46.6 Å². The van der Waals surface area contributed by atoms with Crippen molar-refractivity contribution in [3.63, 3.8) is 0 Å². The molecule has 0 saturated carbocycles. The van der Waals surface area contributed by atoms with Gasteiger partial charge in [0.2, 0.25) is 0 Å². The molecule has 1 unspecified atom stereocenters. The molecule has 0 heterocycles. The molecule has 0 aliphatic heterocycles. The molecule has 0 rings (SSSR count). The molecule has 1 atom stereocenters. The summed E-state index contributed by atoms with van der Waals surface area (Å²) >= 11 is 0. The second kappa shape index (κ2) is 3.89. The monoisotopic (exact) mass is 115 g/mol. The molecule has 0 aromatic heterocycles. The summed E-state index contributed by atoms with van der Waals surface area (Å²) in [5, 5.41) is 0. The van der Waals surface area contributed by atoms with Crippen LogP contribution < -0.4 is 0 Å². The van der Waals surface area contributed by atoms with Gasteiger partial charge in [0.25, 0.3) is 0 Å². The molecule has 40 valence electrons. The summed E-state index contributed by atoms with van der Waals surface area (Å²) in [7, 11) is 0.746. The van der Waals surface area contributed by atoms with Crippen LogP contribution >= 0.6 is 8.73 Å². The fourth-order valence-corrected chi connectivity index (χ4v) is 0.622. The molecule has 0 spiro atoms. The van der Waals surface area contributed by atoms with Gasteiger partial charge in [-0.1, -0.05) is 13.2 Å². The summed E-state index contributed by atoms with van der Waals surface area (Å²) in [6, 6.07) is 0. The molecule has 0 N–H and O–H groups in total. The molecule has 2 heteroatoms. The van der Waals surface area contributed by atoms with E-state index >= 15 is 0 Å². The zero-order valence-corrected chi connectivity index (χ0v) is 5.52. The molecule has 0 bridgehead atoms. The van der Waals surface area contributed by atoms with Gasteiger partial charge >= 0.3 is 0 Å². The molecule has 0 amide bonds. The van der Waals surface area contributed by atoms with Gasteiger partial charge in [0.05, 0.1) is 0 Å². The van der Waals surface area contributed by atoms with Crippen molar-refractivity contribution in [2.24, 2.45) is 0 Å². The van der Waals surface area contributed by atoms with E-state index in [1.807, 2.05) is 4.67 Å². The van der Waals surface area contributed by atoms with E-state index in [4.69, 9.17) is 0 Å². The third-order valence-electron chi connectivity index (χ3n) is 0.652. The minimum atomic E-state index is 0.746. The largest absolute Gasteiger partial charge is 0.337 e. The molecular formula is C5H10NP. The average Bonchev–Trinajstić information content (AvgIpc) is 1.72. The lowest BCUT2D eigenvalue weighted by Crippen LogP contribution is -1.89. The Morgan fingerprint density at radius 3 is 1.86 bits per heavy atom. The third-order valence-corrected chi connectivity index (χ3v) is 1.53. The standard InChI is InChI=1S/C5H10NP/c1-4-6(5-2)7-3/h4-5,7H,1-2H2,3H3. The van der Waals surface area contributed by atoms with Crippen molar-refractivity contribution >= 4 is 8.73 Å². The van der Waals surface area contributed by atoms with Crippen LogP contribution in [0.1, 0.15) is 0 Å². The fourth-order valence-electron chi connectivity index (χ4n) is 0.257. The van der Waals surface area contributed by atoms with E-state index in [1.54, 1.807) is 12.4 Å². The average molecular weight is 115 g/mol. The van der Waals surface area contributed by atoms with Gasteiger partial charge in [-0.2, -0.15) is 0 Å². The second-order valence-electron chi connectivity index (χ2n) is 0.996. The maximum Gasteiger partial charge on any atom is -0.000222 e. The van der Waals surface area contributed by atoms with Gasteiger partial charge in [-0.3, -0.25) is 0 Å². The van der Waals surface area contributed by atoms with Crippen molar-refractivity contribution in [2.45, 2.75) is 0 Å². The van der Waals surface area contributed by atoms with Gasteiger partial charge in [0.1, 0.15) is 0 Å². The Morgan fingerprint density at radius 1 is 1.43 bits per heavy atom. The number of rotatable bonds is 3. The van der Waals surface area contributed by atoms with Crippen molar-refractivity contribution in [3.05, 3.63) is 25.6 Å². The summed E-state index contributed by atoms with van der Waals surface area (Å²) in [6.45, 7) is 9.20. The van der Waals surface area contributed by atoms with E-state index in [9.17, 15) is 0 Å². The van der Waals surface area contributed by atoms with Crippen LogP contribution in [0.2, 0.25) is 0 Å². The zero-order valence-electron chi connectivity index (χ0n) is 4.52. The van der Waals surface area contributed by atoms with Crippen molar-refractivity contribution in [2.75, 3.05) is 6.66 Å². The van der Waals surface area contributed by atoms with Crippen LogP contribution in [-0.2, 0) is 0 Å². The third kappa shape index (κ3) is 2.41. The highest BCUT2D eigenvalue weighted by Crippen LogP contribution is 2.10. The minimum absolute atomic E-state index is 0.746. The lowest BCUT2D eigenvalue weighted by atomic mass is 10.9. The van der Waals surface area contributed by atoms with Crippen molar-refractivity contribution in [1.82, 2.24) is 4.67 Å². The molecule has 0 aliphatic carbocycles. The maximum absolute atomic E-state index is 3.56. The van der Waals surface area contributed by atoms with E-state index in [-0.39, 0.29) is 0 Å². The van der Waals surface area contributed by atoms with Crippen LogP contribution in [0, 0.1) is 0 Å². The molecule has 1 nitrogen and oxygen atoms in total. The van der Waals surface area contributed by atoms with E-state index in [0.717, 1.165) is 8.73 Å². The Morgan fingerprint density at radius 2 is 1.86 bits per heavy atom. The lowest BCUT2D eigenvalue weighted by Gasteiger charge is -2.07. The Kier molecular flexibility index (Phi) is 3.72. The topological polar surface area (TPSA) is 3.24 Å². The van der Waals surface area contributed by atoms with Gasteiger partial charge in [0.15, 0.2) is 0 Å². The van der Waals surface area contributed by atoms with Gasteiger partial charge < -0.3 is 4.67 Å². The summed E-state index contributed by atoms with van der Waals surface area (Å²) < 4.78 is 1.93. The number of hydrogen-bond acceptors (Lipinski definition) is 1. The molecule has 0 aromatic rings. The minimum Gasteiger partial charge on any atom is -0.337 e. The van der Waals surface area contributed by atoms with Gasteiger partial charge in [-0.25, -0.2) is 0 Å². The van der Waals surface area contributed by atoms with E-state index < -0.39 is 0 Å². The molecule has 0 radical (unpaired) electrons. The first-order chi connectivity index (χ1) is 3.35. The normalized spacial score (nSPS) is 9.29. The smallest absolute Gasteiger partial charge is 0.000222 e. The van der Waals surface area contributed by atoms with Crippen molar-refractivity contribution in [3.8, 4) is 0 Å². The first kappa shape index (κ1) is 6.71. The highest BCUT2D eigenvalue weighted by atomic mass is 31.1. The maximum atomic E-state index is 3.56. The van der Waals surface area contributed by atoms with Gasteiger partial charge in [-0.05, 0) is 27.8 Å². The fraction of sp³-hybridized carbons (Fsp3) is 0.200. The molecule has 7 heavy (non-hydrogen) atoms. The zero-order chi connectivity index (χ0) is 5.70. The predicted molar refractivity (Wildman–Crippen MR) is 36.5 cm³/mol. The van der Waals surface area contributed by atoms with Crippen LogP contribution in [0.5, 0.6) is 0 Å². The Bertz CT molecular complexity index is 62.5. The Balaban J connectivity index is 3.36. The highest BCUT2D eigenvalue weighted by Gasteiger charge is 1.78. The molecule has 0 aromatic carbocycles. The SMILES string of the molecule is C=CN(C=C)PC. The number of nitrogens with zero attached hydrogens (tertiary/aromatic N) is 1. The van der Waals surface area contributed by atoms with E-state index in [0.29, 0.717) is 0 Å². The first-order valence-corrected chi connectivity index (χ1v) is 3.50. The number of hydrogen-bond donors (Lipinski definition) is 0. The summed E-state index contributed by atoms with van der Waals surface area (Å²) in [6.07, 6.45) is 3.51. The predicted octanol–water partition coefficient (Wildman–Crippen LogP) is 1.80. The summed E-state index contributed by atoms with van der Waals surface area (Å²) in [5.74, 6) is 0. The van der Waals surface area contributed by atoms with E-state index in [2.05, 4.69) is 19.8 Å². The van der Waals surface area contributed by atoms with Gasteiger partial charge in [-0.15, -0.1) is 0 Å². The van der Waals surface area contributed by atoms with Crippen molar-refractivity contribution < 1.29 is 0 Å². The van der Waals surface area contributed by atoms with Crippen LogP contribution in [0.15, 0.2) is 25.6 Å². The molecular weight excluding hydrogens is 105 g/mol. The van der Waals surface area contributed by atoms with Crippen LogP contribution in [-0.4, -0.2) is 11.3 Å². The lowest BCUT2D eigenvalue weighted by molar-refractivity contribution is 0.851. The molecule has 0 fully saturated rings. The van der Waals surface area contributed by atoms with Crippen LogP contribution in [0.25, 0.3) is 0 Å². The van der Waals surface area contributed by atoms with Crippen molar-refractivity contribution in [1.29, 1.82) is 0 Å². The Hall–Kier alpha value is -0.290. The first-order valence-electron chi connectivity index (χ1n) is 2.06.